The Labute approximate surface area is 158 Å². The molecule has 1 aliphatic rings. The first-order valence-corrected chi connectivity index (χ1v) is 8.53. The van der Waals surface area contributed by atoms with E-state index >= 15 is 0 Å². The zero-order chi connectivity index (χ0) is 15.8. The van der Waals surface area contributed by atoms with Gasteiger partial charge in [0, 0.05) is 17.8 Å². The normalized spacial score (nSPS) is 14.4. The first-order chi connectivity index (χ1) is 10.7. The first-order valence-electron chi connectivity index (χ1n) is 8.53. The van der Waals surface area contributed by atoms with Crippen molar-refractivity contribution in [1.29, 1.82) is 0 Å². The number of anilines is 1. The van der Waals surface area contributed by atoms with Crippen molar-refractivity contribution >= 4 is 36.4 Å². The highest BCUT2D eigenvalue weighted by molar-refractivity contribution is 5.96. The van der Waals surface area contributed by atoms with Crippen LogP contribution in [-0.4, -0.2) is 37.0 Å². The van der Waals surface area contributed by atoms with Crippen molar-refractivity contribution in [2.75, 3.05) is 31.9 Å². The maximum atomic E-state index is 12.1. The Morgan fingerprint density at radius 2 is 1.83 bits per heavy atom. The van der Waals surface area contributed by atoms with E-state index in [0.717, 1.165) is 18.5 Å². The van der Waals surface area contributed by atoms with Gasteiger partial charge in [-0.15, -0.1) is 24.8 Å². The molecule has 24 heavy (non-hydrogen) atoms. The van der Waals surface area contributed by atoms with Crippen LogP contribution in [0, 0.1) is 6.92 Å². The van der Waals surface area contributed by atoms with Gasteiger partial charge in [-0.1, -0.05) is 18.9 Å². The number of carbonyl (C=O) groups is 1. The lowest BCUT2D eigenvalue weighted by molar-refractivity contribution is 0.0952. The Morgan fingerprint density at radius 3 is 2.54 bits per heavy atom. The third-order valence-electron chi connectivity index (χ3n) is 4.39. The van der Waals surface area contributed by atoms with E-state index in [2.05, 4.69) is 10.2 Å². The summed E-state index contributed by atoms with van der Waals surface area (Å²) >= 11 is 0. The average Bonchev–Trinajstić information content (AvgIpc) is 2.54. The highest BCUT2D eigenvalue weighted by atomic mass is 35.5. The van der Waals surface area contributed by atoms with Crippen molar-refractivity contribution in [2.45, 2.75) is 45.4 Å². The van der Waals surface area contributed by atoms with Crippen LogP contribution < -0.4 is 11.1 Å². The predicted molar refractivity (Wildman–Crippen MR) is 107 cm³/mol. The summed E-state index contributed by atoms with van der Waals surface area (Å²) in [7, 11) is 0. The van der Waals surface area contributed by atoms with Gasteiger partial charge in [0.1, 0.15) is 0 Å². The Balaban J connectivity index is 0.00000264. The highest BCUT2D eigenvalue weighted by Crippen LogP contribution is 2.13. The number of unbranched alkanes of at least 4 members (excludes halogenated alkanes) is 2. The molecule has 3 N–H and O–H groups in total. The number of nitrogen functional groups attached to an aromatic ring is 1. The number of aryl methyl sites for hydroxylation is 1. The minimum atomic E-state index is -0.0131. The second kappa shape index (κ2) is 12.4. The number of nitrogens with zero attached hydrogens (tertiary/aromatic N) is 1. The number of halogens is 2. The van der Waals surface area contributed by atoms with Crippen LogP contribution in [0.4, 0.5) is 5.69 Å². The average molecular weight is 376 g/mol. The SMILES string of the molecule is Cc1ccc(N)cc1C(=O)NCCCCCN1CCCCC1.Cl.Cl. The molecule has 4 nitrogen and oxygen atoms in total. The van der Waals surface area contributed by atoms with Crippen molar-refractivity contribution < 1.29 is 4.79 Å². The molecule has 1 amide bonds. The number of piperidine rings is 1. The van der Waals surface area contributed by atoms with Crippen molar-refractivity contribution in [3.63, 3.8) is 0 Å². The smallest absolute Gasteiger partial charge is 0.251 e. The van der Waals surface area contributed by atoms with E-state index in [4.69, 9.17) is 5.73 Å². The molecule has 0 aromatic heterocycles. The van der Waals surface area contributed by atoms with Crippen LogP contribution in [0.1, 0.15) is 54.4 Å². The summed E-state index contributed by atoms with van der Waals surface area (Å²) in [5, 5.41) is 3.00. The Hall–Kier alpha value is -0.970. The fraction of sp³-hybridized carbons (Fsp3) is 0.611. The Morgan fingerprint density at radius 1 is 1.12 bits per heavy atom. The van der Waals surface area contributed by atoms with Crippen molar-refractivity contribution in [3.05, 3.63) is 29.3 Å². The molecule has 0 unspecified atom stereocenters. The summed E-state index contributed by atoms with van der Waals surface area (Å²) in [5.41, 5.74) is 8.04. The fourth-order valence-electron chi connectivity index (χ4n) is 3.00. The largest absolute Gasteiger partial charge is 0.399 e. The number of carbonyl (C=O) groups excluding carboxylic acids is 1. The molecule has 1 saturated heterocycles. The number of hydrogen-bond donors (Lipinski definition) is 2. The second-order valence-electron chi connectivity index (χ2n) is 6.29. The van der Waals surface area contributed by atoms with E-state index in [1.807, 2.05) is 19.1 Å². The van der Waals surface area contributed by atoms with Crippen molar-refractivity contribution in [3.8, 4) is 0 Å². The third-order valence-corrected chi connectivity index (χ3v) is 4.39. The number of rotatable bonds is 7. The van der Waals surface area contributed by atoms with Crippen LogP contribution in [0.3, 0.4) is 0 Å². The first kappa shape index (κ1) is 23.0. The molecule has 1 aliphatic heterocycles. The van der Waals surface area contributed by atoms with Gasteiger partial charge >= 0.3 is 0 Å². The van der Waals surface area contributed by atoms with Crippen LogP contribution in [0.15, 0.2) is 18.2 Å². The van der Waals surface area contributed by atoms with Gasteiger partial charge in [-0.3, -0.25) is 4.79 Å². The monoisotopic (exact) mass is 375 g/mol. The number of nitrogens with one attached hydrogen (secondary N) is 1. The Kier molecular flexibility index (Phi) is 11.9. The highest BCUT2D eigenvalue weighted by Gasteiger charge is 2.10. The lowest BCUT2D eigenvalue weighted by Crippen LogP contribution is -2.30. The molecule has 0 aliphatic carbocycles. The van der Waals surface area contributed by atoms with Gasteiger partial charge in [-0.2, -0.15) is 0 Å². The van der Waals surface area contributed by atoms with E-state index in [1.165, 1.54) is 51.7 Å². The van der Waals surface area contributed by atoms with E-state index in [-0.39, 0.29) is 30.7 Å². The molecule has 0 saturated carbocycles. The maximum Gasteiger partial charge on any atom is 0.251 e. The zero-order valence-electron chi connectivity index (χ0n) is 14.6. The van der Waals surface area contributed by atoms with Crippen LogP contribution in [0.2, 0.25) is 0 Å². The molecule has 6 heteroatoms. The summed E-state index contributed by atoms with van der Waals surface area (Å²) in [6.45, 7) is 6.43. The fourth-order valence-corrected chi connectivity index (χ4v) is 3.00. The summed E-state index contributed by atoms with van der Waals surface area (Å²) in [5.74, 6) is -0.0131. The molecule has 1 aromatic rings. The molecular weight excluding hydrogens is 345 g/mol. The molecule has 1 heterocycles. The Bertz CT molecular complexity index is 491. The number of benzene rings is 1. The van der Waals surface area contributed by atoms with Gasteiger partial charge in [0.2, 0.25) is 0 Å². The minimum absolute atomic E-state index is 0. The standard InChI is InChI=1S/C18H29N3O.2ClH/c1-15-8-9-16(19)14-17(15)18(22)20-10-4-2-5-11-21-12-6-3-7-13-21;;/h8-9,14H,2-7,10-13,19H2,1H3,(H,20,22);2*1H. The van der Waals surface area contributed by atoms with Crippen LogP contribution >= 0.6 is 24.8 Å². The zero-order valence-corrected chi connectivity index (χ0v) is 16.2. The van der Waals surface area contributed by atoms with Gasteiger partial charge in [-0.05, 0) is 69.9 Å². The summed E-state index contributed by atoms with van der Waals surface area (Å²) < 4.78 is 0. The molecule has 0 radical (unpaired) electrons. The predicted octanol–water partition coefficient (Wildman–Crippen LogP) is 3.81. The van der Waals surface area contributed by atoms with Gasteiger partial charge < -0.3 is 16.0 Å². The number of amides is 1. The number of hydrogen-bond acceptors (Lipinski definition) is 3. The number of nitrogens with two attached hydrogens (primary N) is 1. The van der Waals surface area contributed by atoms with Gasteiger partial charge in [0.15, 0.2) is 0 Å². The summed E-state index contributed by atoms with van der Waals surface area (Å²) in [6.07, 6.45) is 7.55. The summed E-state index contributed by atoms with van der Waals surface area (Å²) in [6, 6.07) is 5.47. The van der Waals surface area contributed by atoms with Gasteiger partial charge in [-0.25, -0.2) is 0 Å². The molecule has 1 fully saturated rings. The molecule has 138 valence electrons. The molecule has 0 atom stereocenters. The van der Waals surface area contributed by atoms with Crippen LogP contribution in [0.5, 0.6) is 0 Å². The third kappa shape index (κ3) is 7.73. The van der Waals surface area contributed by atoms with Crippen LogP contribution in [-0.2, 0) is 0 Å². The molecule has 2 rings (SSSR count). The van der Waals surface area contributed by atoms with Crippen molar-refractivity contribution in [2.24, 2.45) is 0 Å². The number of likely N-dealkylation sites (tertiary alicyclic amines) is 1. The lowest BCUT2D eigenvalue weighted by Gasteiger charge is -2.26. The van der Waals surface area contributed by atoms with E-state index in [1.54, 1.807) is 6.07 Å². The quantitative estimate of drug-likeness (QED) is 0.562. The van der Waals surface area contributed by atoms with Crippen molar-refractivity contribution in [1.82, 2.24) is 10.2 Å². The second-order valence-corrected chi connectivity index (χ2v) is 6.29. The van der Waals surface area contributed by atoms with E-state index in [0.29, 0.717) is 11.3 Å². The van der Waals surface area contributed by atoms with Gasteiger partial charge in [0.25, 0.3) is 5.91 Å². The molecule has 0 spiro atoms. The minimum Gasteiger partial charge on any atom is -0.399 e. The molecular formula is C18H31Cl2N3O. The molecule has 0 bridgehead atoms. The van der Waals surface area contributed by atoms with Crippen LogP contribution in [0.25, 0.3) is 0 Å². The van der Waals surface area contributed by atoms with Gasteiger partial charge in [0.05, 0.1) is 0 Å². The van der Waals surface area contributed by atoms with E-state index < -0.39 is 0 Å². The topological polar surface area (TPSA) is 58.4 Å². The lowest BCUT2D eigenvalue weighted by atomic mass is 10.1. The summed E-state index contributed by atoms with van der Waals surface area (Å²) in [4.78, 5) is 14.7. The molecule has 1 aromatic carbocycles. The maximum absolute atomic E-state index is 12.1. The van der Waals surface area contributed by atoms with E-state index in [9.17, 15) is 4.79 Å².